The van der Waals surface area contributed by atoms with Crippen molar-refractivity contribution in [2.75, 3.05) is 0 Å². The molecule has 0 saturated heterocycles. The molecule has 0 fully saturated rings. The molecule has 1 N–H and O–H groups in total. The molecule has 0 spiro atoms. The van der Waals surface area contributed by atoms with Gasteiger partial charge in [0.15, 0.2) is 0 Å². The molecular formula is C12H16N4O. The smallest absolute Gasteiger partial charge is 0.204 e. The highest BCUT2D eigenvalue weighted by molar-refractivity contribution is 5.52. The lowest BCUT2D eigenvalue weighted by molar-refractivity contribution is 0.132. The van der Waals surface area contributed by atoms with Crippen molar-refractivity contribution in [3.63, 3.8) is 0 Å². The van der Waals surface area contributed by atoms with Gasteiger partial charge >= 0.3 is 0 Å². The standard InChI is InChI=1S/C12H16N4O/c1-2-6-11(17)9-16-14-12(13-15-16)10-7-4-3-5-8-10/h3-5,7-8,11,17H,2,6,9H2,1H3. The van der Waals surface area contributed by atoms with Crippen LogP contribution in [-0.4, -0.2) is 31.4 Å². The number of rotatable bonds is 5. The number of nitrogens with zero attached hydrogens (tertiary/aromatic N) is 4. The Labute approximate surface area is 100 Å². The van der Waals surface area contributed by atoms with E-state index >= 15 is 0 Å². The van der Waals surface area contributed by atoms with Gasteiger partial charge in [0.1, 0.15) is 0 Å². The first-order chi connectivity index (χ1) is 8.29. The normalized spacial score (nSPS) is 12.6. The highest BCUT2D eigenvalue weighted by Crippen LogP contribution is 2.12. The molecule has 1 unspecified atom stereocenters. The monoisotopic (exact) mass is 232 g/mol. The van der Waals surface area contributed by atoms with Gasteiger partial charge < -0.3 is 5.11 Å². The first-order valence-corrected chi connectivity index (χ1v) is 5.81. The molecular weight excluding hydrogens is 216 g/mol. The Balaban J connectivity index is 2.06. The number of hydrogen-bond donors (Lipinski definition) is 1. The second-order valence-corrected chi connectivity index (χ2v) is 3.98. The Morgan fingerprint density at radius 2 is 2.06 bits per heavy atom. The van der Waals surface area contributed by atoms with Crippen molar-refractivity contribution in [2.45, 2.75) is 32.4 Å². The van der Waals surface area contributed by atoms with E-state index in [2.05, 4.69) is 15.4 Å². The molecule has 5 nitrogen and oxygen atoms in total. The fourth-order valence-electron chi connectivity index (χ4n) is 1.64. The van der Waals surface area contributed by atoms with Gasteiger partial charge in [-0.15, -0.1) is 10.2 Å². The molecule has 1 aromatic heterocycles. The molecule has 0 aliphatic carbocycles. The van der Waals surface area contributed by atoms with Gasteiger partial charge in [-0.2, -0.15) is 4.80 Å². The van der Waals surface area contributed by atoms with Crippen molar-refractivity contribution in [1.29, 1.82) is 0 Å². The molecule has 0 aliphatic heterocycles. The number of aromatic nitrogens is 4. The van der Waals surface area contributed by atoms with E-state index in [1.165, 1.54) is 4.80 Å². The van der Waals surface area contributed by atoms with E-state index in [0.717, 1.165) is 18.4 Å². The molecule has 5 heteroatoms. The molecule has 90 valence electrons. The van der Waals surface area contributed by atoms with Gasteiger partial charge in [0, 0.05) is 5.56 Å². The summed E-state index contributed by atoms with van der Waals surface area (Å²) in [5.41, 5.74) is 0.934. The number of hydrogen-bond acceptors (Lipinski definition) is 4. The third kappa shape index (κ3) is 3.10. The van der Waals surface area contributed by atoms with E-state index in [0.29, 0.717) is 12.4 Å². The fourth-order valence-corrected chi connectivity index (χ4v) is 1.64. The van der Waals surface area contributed by atoms with Gasteiger partial charge in [0.2, 0.25) is 5.82 Å². The zero-order chi connectivity index (χ0) is 12.1. The summed E-state index contributed by atoms with van der Waals surface area (Å²) in [4.78, 5) is 1.45. The minimum atomic E-state index is -0.405. The molecule has 1 aromatic carbocycles. The maximum atomic E-state index is 9.65. The molecule has 1 heterocycles. The van der Waals surface area contributed by atoms with Gasteiger partial charge in [-0.3, -0.25) is 0 Å². The van der Waals surface area contributed by atoms with Crippen molar-refractivity contribution >= 4 is 0 Å². The van der Waals surface area contributed by atoms with Crippen LogP contribution in [0.3, 0.4) is 0 Å². The van der Waals surface area contributed by atoms with E-state index in [1.807, 2.05) is 37.3 Å². The number of aliphatic hydroxyl groups excluding tert-OH is 1. The summed E-state index contributed by atoms with van der Waals surface area (Å²) in [5, 5.41) is 21.8. The Kier molecular flexibility index (Phi) is 3.82. The zero-order valence-electron chi connectivity index (χ0n) is 9.82. The van der Waals surface area contributed by atoms with Crippen LogP contribution in [0.25, 0.3) is 11.4 Å². The van der Waals surface area contributed by atoms with E-state index in [1.54, 1.807) is 0 Å². The van der Waals surface area contributed by atoms with Crippen LogP contribution in [0.15, 0.2) is 30.3 Å². The van der Waals surface area contributed by atoms with Crippen molar-refractivity contribution < 1.29 is 5.11 Å². The quantitative estimate of drug-likeness (QED) is 0.848. The molecule has 0 bridgehead atoms. The summed E-state index contributed by atoms with van der Waals surface area (Å²) in [6.07, 6.45) is 1.29. The van der Waals surface area contributed by atoms with E-state index in [-0.39, 0.29) is 0 Å². The van der Waals surface area contributed by atoms with E-state index in [9.17, 15) is 5.11 Å². The highest BCUT2D eigenvalue weighted by Gasteiger charge is 2.08. The lowest BCUT2D eigenvalue weighted by atomic mass is 10.2. The summed E-state index contributed by atoms with van der Waals surface area (Å²) >= 11 is 0. The number of benzene rings is 1. The summed E-state index contributed by atoms with van der Waals surface area (Å²) in [6, 6.07) is 9.68. The topological polar surface area (TPSA) is 63.8 Å². The SMILES string of the molecule is CCCC(O)Cn1nnc(-c2ccccc2)n1. The Bertz CT molecular complexity index is 455. The first kappa shape index (κ1) is 11.7. The molecule has 1 atom stereocenters. The lowest BCUT2D eigenvalue weighted by Crippen LogP contribution is -2.17. The zero-order valence-corrected chi connectivity index (χ0v) is 9.82. The van der Waals surface area contributed by atoms with Gasteiger partial charge in [-0.05, 0) is 11.6 Å². The minimum Gasteiger partial charge on any atom is -0.391 e. The van der Waals surface area contributed by atoms with Crippen LogP contribution < -0.4 is 0 Å². The fraction of sp³-hybridized carbons (Fsp3) is 0.417. The maximum absolute atomic E-state index is 9.65. The molecule has 2 rings (SSSR count). The van der Waals surface area contributed by atoms with Gasteiger partial charge in [-0.25, -0.2) is 0 Å². The first-order valence-electron chi connectivity index (χ1n) is 5.81. The maximum Gasteiger partial charge on any atom is 0.204 e. The van der Waals surface area contributed by atoms with Crippen LogP contribution in [0.4, 0.5) is 0 Å². The van der Waals surface area contributed by atoms with Crippen molar-refractivity contribution in [1.82, 2.24) is 20.2 Å². The van der Waals surface area contributed by atoms with Crippen LogP contribution in [0.2, 0.25) is 0 Å². The molecule has 2 aromatic rings. The van der Waals surface area contributed by atoms with Crippen LogP contribution >= 0.6 is 0 Å². The average Bonchev–Trinajstić information content (AvgIpc) is 2.79. The predicted octanol–water partition coefficient (Wildman–Crippen LogP) is 1.50. The molecule has 0 saturated carbocycles. The Morgan fingerprint density at radius 1 is 1.29 bits per heavy atom. The van der Waals surface area contributed by atoms with Gasteiger partial charge in [0.05, 0.1) is 12.6 Å². The third-order valence-corrected chi connectivity index (χ3v) is 2.48. The molecule has 0 radical (unpaired) electrons. The lowest BCUT2D eigenvalue weighted by Gasteiger charge is -2.06. The van der Waals surface area contributed by atoms with Crippen molar-refractivity contribution in [3.8, 4) is 11.4 Å². The van der Waals surface area contributed by atoms with E-state index < -0.39 is 6.10 Å². The second kappa shape index (κ2) is 5.54. The van der Waals surface area contributed by atoms with E-state index in [4.69, 9.17) is 0 Å². The second-order valence-electron chi connectivity index (χ2n) is 3.98. The molecule has 0 amide bonds. The van der Waals surface area contributed by atoms with Crippen LogP contribution in [0.1, 0.15) is 19.8 Å². The van der Waals surface area contributed by atoms with Crippen molar-refractivity contribution in [2.24, 2.45) is 0 Å². The third-order valence-electron chi connectivity index (χ3n) is 2.48. The largest absolute Gasteiger partial charge is 0.391 e. The van der Waals surface area contributed by atoms with Crippen LogP contribution in [0.5, 0.6) is 0 Å². The predicted molar refractivity (Wildman–Crippen MR) is 64.2 cm³/mol. The van der Waals surface area contributed by atoms with Gasteiger partial charge in [0.25, 0.3) is 0 Å². The Morgan fingerprint density at radius 3 is 2.76 bits per heavy atom. The van der Waals surface area contributed by atoms with Crippen LogP contribution in [-0.2, 0) is 6.54 Å². The molecule has 0 aliphatic rings. The van der Waals surface area contributed by atoms with Crippen molar-refractivity contribution in [3.05, 3.63) is 30.3 Å². The summed E-state index contributed by atoms with van der Waals surface area (Å²) in [5.74, 6) is 0.592. The Hall–Kier alpha value is -1.75. The number of aliphatic hydroxyl groups is 1. The minimum absolute atomic E-state index is 0.397. The highest BCUT2D eigenvalue weighted by atomic mass is 16.3. The number of tetrazole rings is 1. The average molecular weight is 232 g/mol. The van der Waals surface area contributed by atoms with Gasteiger partial charge in [-0.1, -0.05) is 43.7 Å². The molecule has 17 heavy (non-hydrogen) atoms. The summed E-state index contributed by atoms with van der Waals surface area (Å²) in [6.45, 7) is 2.43. The summed E-state index contributed by atoms with van der Waals surface area (Å²) in [7, 11) is 0. The summed E-state index contributed by atoms with van der Waals surface area (Å²) < 4.78 is 0. The van der Waals surface area contributed by atoms with Crippen LogP contribution in [0, 0.1) is 0 Å².